The number of aryl methyl sites for hydroxylation is 1. The van der Waals surface area contributed by atoms with Crippen molar-refractivity contribution >= 4 is 12.4 Å². The van der Waals surface area contributed by atoms with Gasteiger partial charge in [0.05, 0.1) is 0 Å². The Kier molecular flexibility index (Phi) is 3.44. The van der Waals surface area contributed by atoms with Crippen LogP contribution in [0.4, 0.5) is 0 Å². The molecule has 0 saturated carbocycles. The quantitative estimate of drug-likeness (QED) is 0.687. The van der Waals surface area contributed by atoms with Crippen molar-refractivity contribution in [2.45, 2.75) is 20.3 Å². The summed E-state index contributed by atoms with van der Waals surface area (Å²) in [7, 11) is 0. The molecule has 1 nitrogen and oxygen atoms in total. The molecule has 1 rings (SSSR count). The lowest BCUT2D eigenvalue weighted by Crippen LogP contribution is -1.84. The SMILES string of the molecule is Cc1cccc(C=CC[C]=O)c1C. The Hall–Kier alpha value is -1.37. The molecule has 1 aromatic rings. The van der Waals surface area contributed by atoms with E-state index in [4.69, 9.17) is 0 Å². The maximum absolute atomic E-state index is 9.97. The van der Waals surface area contributed by atoms with Crippen molar-refractivity contribution in [3.63, 3.8) is 0 Å². The highest BCUT2D eigenvalue weighted by Crippen LogP contribution is 2.13. The molecular formula is C12H13O. The van der Waals surface area contributed by atoms with Crippen LogP contribution in [0.1, 0.15) is 23.1 Å². The van der Waals surface area contributed by atoms with Crippen LogP contribution in [-0.2, 0) is 4.79 Å². The summed E-state index contributed by atoms with van der Waals surface area (Å²) in [5.41, 5.74) is 3.72. The van der Waals surface area contributed by atoms with E-state index in [1.54, 1.807) is 0 Å². The summed E-state index contributed by atoms with van der Waals surface area (Å²) in [4.78, 5) is 9.97. The number of carbonyl (C=O) groups excluding carboxylic acids is 1. The van der Waals surface area contributed by atoms with Gasteiger partial charge in [-0.2, -0.15) is 0 Å². The number of hydrogen-bond acceptors (Lipinski definition) is 1. The number of benzene rings is 1. The van der Waals surface area contributed by atoms with Crippen LogP contribution >= 0.6 is 0 Å². The second-order valence-electron chi connectivity index (χ2n) is 3.04. The molecule has 0 unspecified atom stereocenters. The highest BCUT2D eigenvalue weighted by Gasteiger charge is 1.95. The lowest BCUT2D eigenvalue weighted by atomic mass is 10.0. The predicted molar refractivity (Wildman–Crippen MR) is 55.3 cm³/mol. The second kappa shape index (κ2) is 4.61. The molecule has 1 aromatic carbocycles. The standard InChI is InChI=1S/C12H13O/c1-10-6-5-8-12(11(10)2)7-3-4-9-13/h3,5-8H,4H2,1-2H3. The summed E-state index contributed by atoms with van der Waals surface area (Å²) < 4.78 is 0. The van der Waals surface area contributed by atoms with Gasteiger partial charge in [0, 0.05) is 6.42 Å². The summed E-state index contributed by atoms with van der Waals surface area (Å²) in [6, 6.07) is 6.15. The normalized spacial score (nSPS) is 10.6. The molecule has 0 N–H and O–H groups in total. The molecule has 0 bridgehead atoms. The summed E-state index contributed by atoms with van der Waals surface area (Å²) in [6.07, 6.45) is 6.00. The van der Waals surface area contributed by atoms with Gasteiger partial charge in [0.15, 0.2) is 0 Å². The summed E-state index contributed by atoms with van der Waals surface area (Å²) >= 11 is 0. The van der Waals surface area contributed by atoms with Gasteiger partial charge in [0.25, 0.3) is 0 Å². The number of hydrogen-bond donors (Lipinski definition) is 0. The van der Waals surface area contributed by atoms with E-state index < -0.39 is 0 Å². The van der Waals surface area contributed by atoms with E-state index in [2.05, 4.69) is 19.9 Å². The Labute approximate surface area is 79.1 Å². The van der Waals surface area contributed by atoms with Crippen molar-refractivity contribution in [2.75, 3.05) is 0 Å². The van der Waals surface area contributed by atoms with Gasteiger partial charge in [-0.15, -0.1) is 0 Å². The van der Waals surface area contributed by atoms with Crippen molar-refractivity contribution in [3.8, 4) is 0 Å². The smallest absolute Gasteiger partial charge is 0.202 e. The molecule has 0 atom stereocenters. The first kappa shape index (κ1) is 9.72. The molecule has 0 amide bonds. The number of allylic oxidation sites excluding steroid dienone is 1. The monoisotopic (exact) mass is 173 g/mol. The maximum Gasteiger partial charge on any atom is 0.202 e. The minimum atomic E-state index is 0.368. The molecule has 0 spiro atoms. The molecule has 0 aromatic heterocycles. The van der Waals surface area contributed by atoms with Crippen LogP contribution < -0.4 is 0 Å². The van der Waals surface area contributed by atoms with Crippen LogP contribution in [0.5, 0.6) is 0 Å². The molecule has 0 fully saturated rings. The van der Waals surface area contributed by atoms with E-state index >= 15 is 0 Å². The van der Waals surface area contributed by atoms with Crippen LogP contribution in [0.3, 0.4) is 0 Å². The van der Waals surface area contributed by atoms with Crippen LogP contribution in [0.25, 0.3) is 6.08 Å². The van der Waals surface area contributed by atoms with E-state index in [1.165, 1.54) is 16.7 Å². The van der Waals surface area contributed by atoms with Gasteiger partial charge in [0.1, 0.15) is 0 Å². The molecule has 13 heavy (non-hydrogen) atoms. The molecule has 0 heterocycles. The van der Waals surface area contributed by atoms with Gasteiger partial charge in [0.2, 0.25) is 6.29 Å². The van der Waals surface area contributed by atoms with E-state index in [0.29, 0.717) is 6.42 Å². The van der Waals surface area contributed by atoms with Gasteiger partial charge >= 0.3 is 0 Å². The van der Waals surface area contributed by atoms with E-state index in [0.717, 1.165) is 0 Å². The largest absolute Gasteiger partial charge is 0.291 e. The summed E-state index contributed by atoms with van der Waals surface area (Å²) in [6.45, 7) is 4.16. The van der Waals surface area contributed by atoms with Crippen molar-refractivity contribution in [1.29, 1.82) is 0 Å². The minimum Gasteiger partial charge on any atom is -0.291 e. The van der Waals surface area contributed by atoms with Crippen LogP contribution in [0, 0.1) is 13.8 Å². The van der Waals surface area contributed by atoms with Gasteiger partial charge in [-0.25, -0.2) is 0 Å². The molecule has 1 heteroatoms. The number of rotatable bonds is 3. The fraction of sp³-hybridized carbons (Fsp3) is 0.250. The van der Waals surface area contributed by atoms with Crippen molar-refractivity contribution in [1.82, 2.24) is 0 Å². The third-order valence-corrected chi connectivity index (χ3v) is 2.15. The molecule has 0 aliphatic carbocycles. The van der Waals surface area contributed by atoms with Crippen LogP contribution in [0.2, 0.25) is 0 Å². The van der Waals surface area contributed by atoms with E-state index in [-0.39, 0.29) is 0 Å². The molecule has 1 radical (unpaired) electrons. The van der Waals surface area contributed by atoms with E-state index in [9.17, 15) is 4.79 Å². The predicted octanol–water partition coefficient (Wildman–Crippen LogP) is 2.82. The summed E-state index contributed by atoms with van der Waals surface area (Å²) in [5, 5.41) is 0. The minimum absolute atomic E-state index is 0.368. The third-order valence-electron chi connectivity index (χ3n) is 2.15. The zero-order valence-electron chi connectivity index (χ0n) is 8.00. The molecule has 0 saturated heterocycles. The third kappa shape index (κ3) is 2.55. The molecule has 0 aliphatic rings. The van der Waals surface area contributed by atoms with Crippen molar-refractivity contribution in [2.24, 2.45) is 0 Å². The van der Waals surface area contributed by atoms with Crippen molar-refractivity contribution < 1.29 is 4.79 Å². The fourth-order valence-corrected chi connectivity index (χ4v) is 1.19. The average molecular weight is 173 g/mol. The first-order valence-electron chi connectivity index (χ1n) is 4.33. The highest BCUT2D eigenvalue weighted by molar-refractivity contribution is 5.60. The van der Waals surface area contributed by atoms with Gasteiger partial charge in [-0.1, -0.05) is 30.4 Å². The highest BCUT2D eigenvalue weighted by atomic mass is 16.1. The average Bonchev–Trinajstić information content (AvgIpc) is 2.13. The first-order valence-corrected chi connectivity index (χ1v) is 4.33. The maximum atomic E-state index is 9.97. The zero-order chi connectivity index (χ0) is 9.68. The van der Waals surface area contributed by atoms with Gasteiger partial charge in [-0.05, 0) is 30.5 Å². The van der Waals surface area contributed by atoms with Gasteiger partial charge < -0.3 is 0 Å². The second-order valence-corrected chi connectivity index (χ2v) is 3.04. The fourth-order valence-electron chi connectivity index (χ4n) is 1.19. The Bertz CT molecular complexity index is 324. The lowest BCUT2D eigenvalue weighted by molar-refractivity contribution is 0.556. The molecular weight excluding hydrogens is 160 g/mol. The Morgan fingerprint density at radius 3 is 2.85 bits per heavy atom. The van der Waals surface area contributed by atoms with Crippen LogP contribution in [0.15, 0.2) is 24.3 Å². The zero-order valence-corrected chi connectivity index (χ0v) is 8.00. The molecule has 67 valence electrons. The van der Waals surface area contributed by atoms with Gasteiger partial charge in [-0.3, -0.25) is 4.79 Å². The summed E-state index contributed by atoms with van der Waals surface area (Å²) in [5.74, 6) is 0. The van der Waals surface area contributed by atoms with Crippen molar-refractivity contribution in [3.05, 3.63) is 41.0 Å². The first-order chi connectivity index (χ1) is 6.25. The topological polar surface area (TPSA) is 17.1 Å². The Morgan fingerprint density at radius 1 is 1.38 bits per heavy atom. The lowest BCUT2D eigenvalue weighted by Gasteiger charge is -2.02. The Morgan fingerprint density at radius 2 is 2.15 bits per heavy atom. The molecule has 0 aliphatic heterocycles. The van der Waals surface area contributed by atoms with E-state index in [1.807, 2.05) is 30.6 Å². The Balaban J connectivity index is 2.88. The van der Waals surface area contributed by atoms with Crippen LogP contribution in [-0.4, -0.2) is 6.29 Å².